The van der Waals surface area contributed by atoms with E-state index in [1.165, 1.54) is 99.3 Å². The third-order valence-electron chi connectivity index (χ3n) is 8.12. The zero-order valence-corrected chi connectivity index (χ0v) is 25.7. The van der Waals surface area contributed by atoms with Gasteiger partial charge >= 0.3 is 0 Å². The van der Waals surface area contributed by atoms with Crippen molar-refractivity contribution in [2.24, 2.45) is 11.8 Å². The van der Waals surface area contributed by atoms with Crippen LogP contribution in [-0.2, 0) is 4.74 Å². The van der Waals surface area contributed by atoms with Crippen molar-refractivity contribution in [3.63, 3.8) is 0 Å². The fourth-order valence-electron chi connectivity index (χ4n) is 5.12. The first-order chi connectivity index (χ1) is 17.8. The van der Waals surface area contributed by atoms with Crippen molar-refractivity contribution in [2.75, 3.05) is 6.61 Å². The summed E-state index contributed by atoms with van der Waals surface area (Å²) in [5.74, 6) is 1.91. The fraction of sp³-hybridized carbons (Fsp3) is 0.743. The van der Waals surface area contributed by atoms with Crippen molar-refractivity contribution in [3.05, 3.63) is 52.7 Å². The van der Waals surface area contributed by atoms with E-state index in [0.717, 1.165) is 31.6 Å². The summed E-state index contributed by atoms with van der Waals surface area (Å²) in [5.41, 5.74) is 5.52. The molecule has 2 heteroatoms. The number of aliphatic hydroxyl groups is 1. The van der Waals surface area contributed by atoms with Gasteiger partial charge in [-0.2, -0.15) is 13.3 Å². The molecule has 3 atom stereocenters. The van der Waals surface area contributed by atoms with E-state index in [9.17, 15) is 5.11 Å². The molecule has 1 aliphatic rings. The van der Waals surface area contributed by atoms with Gasteiger partial charge in [-0.1, -0.05) is 89.0 Å². The monoisotopic (exact) mass is 513 g/mol. The second-order valence-electron chi connectivity index (χ2n) is 11.8. The van der Waals surface area contributed by atoms with E-state index in [1.54, 1.807) is 0 Å². The van der Waals surface area contributed by atoms with Gasteiger partial charge in [-0.15, -0.1) is 0 Å². The van der Waals surface area contributed by atoms with Crippen molar-refractivity contribution in [1.82, 2.24) is 0 Å². The summed E-state index contributed by atoms with van der Waals surface area (Å²) in [6, 6.07) is 0. The Morgan fingerprint density at radius 2 is 1.68 bits per heavy atom. The minimum atomic E-state index is -0.386. The lowest BCUT2D eigenvalue weighted by molar-refractivity contribution is 0.154. The van der Waals surface area contributed by atoms with Gasteiger partial charge in [-0.25, -0.2) is 0 Å². The zero-order chi connectivity index (χ0) is 27.5. The first kappa shape index (κ1) is 33.7. The van der Waals surface area contributed by atoms with Crippen LogP contribution in [0.5, 0.6) is 0 Å². The Bertz CT molecular complexity index is 724. The summed E-state index contributed by atoms with van der Waals surface area (Å²) in [6.45, 7) is 16.4. The second kappa shape index (κ2) is 20.7. The highest BCUT2D eigenvalue weighted by Crippen LogP contribution is 2.34. The highest BCUT2D eigenvalue weighted by atomic mass is 16.5. The standard InChI is InChI=1S/C35H61O2/c1-8-10-12-13-14-16-26-37-35-32(7)31(6)34(36)27-33(35)25-24-30(5)23-18-22-29(4)21-17-20-28(3)19-15-11-9-2/h9,19,21,27,30-31,34,36H,8,10-18,20,22-26H2,1-7H3/q-1/b28-19+,29-21+. The van der Waals surface area contributed by atoms with Gasteiger partial charge in [0.2, 0.25) is 0 Å². The van der Waals surface area contributed by atoms with Crippen LogP contribution in [0.1, 0.15) is 145 Å². The summed E-state index contributed by atoms with van der Waals surface area (Å²) in [7, 11) is 0. The largest absolute Gasteiger partial charge is 0.493 e. The molecule has 0 saturated carbocycles. The smallest absolute Gasteiger partial charge is 0.121 e. The Kier molecular flexibility index (Phi) is 18.8. The van der Waals surface area contributed by atoms with E-state index in [4.69, 9.17) is 4.74 Å². The first-order valence-electron chi connectivity index (χ1n) is 15.6. The molecule has 0 radical (unpaired) electrons. The Morgan fingerprint density at radius 1 is 1.00 bits per heavy atom. The average molecular weight is 514 g/mol. The maximum absolute atomic E-state index is 10.6. The Morgan fingerprint density at radius 3 is 2.41 bits per heavy atom. The van der Waals surface area contributed by atoms with Crippen molar-refractivity contribution in [1.29, 1.82) is 0 Å². The molecule has 0 aromatic heterocycles. The lowest BCUT2D eigenvalue weighted by Gasteiger charge is -2.29. The molecular weight excluding hydrogens is 452 g/mol. The van der Waals surface area contributed by atoms with E-state index < -0.39 is 0 Å². The molecule has 1 aliphatic carbocycles. The van der Waals surface area contributed by atoms with E-state index in [0.29, 0.717) is 5.92 Å². The van der Waals surface area contributed by atoms with Crippen LogP contribution < -0.4 is 0 Å². The summed E-state index contributed by atoms with van der Waals surface area (Å²) in [6.07, 6.45) is 27.1. The van der Waals surface area contributed by atoms with Crippen LogP contribution in [0.15, 0.2) is 46.3 Å². The summed E-state index contributed by atoms with van der Waals surface area (Å²) >= 11 is 0. The lowest BCUT2D eigenvalue weighted by Crippen LogP contribution is -2.23. The van der Waals surface area contributed by atoms with E-state index in [-0.39, 0.29) is 12.0 Å². The van der Waals surface area contributed by atoms with Gasteiger partial charge in [0.15, 0.2) is 0 Å². The zero-order valence-electron chi connectivity index (χ0n) is 25.7. The third kappa shape index (κ3) is 15.0. The van der Waals surface area contributed by atoms with Gasteiger partial charge in [0.25, 0.3) is 0 Å². The molecule has 3 unspecified atom stereocenters. The topological polar surface area (TPSA) is 29.5 Å². The number of allylic oxidation sites excluding steroid dienone is 5. The predicted molar refractivity (Wildman–Crippen MR) is 163 cm³/mol. The Hall–Kier alpha value is -1.28. The van der Waals surface area contributed by atoms with Gasteiger partial charge in [0.1, 0.15) is 5.76 Å². The molecular formula is C35H61O2-. The second-order valence-corrected chi connectivity index (χ2v) is 11.8. The van der Waals surface area contributed by atoms with Crippen LogP contribution in [0.2, 0.25) is 0 Å². The molecule has 0 aliphatic heterocycles. The van der Waals surface area contributed by atoms with Gasteiger partial charge in [-0.05, 0) is 88.9 Å². The fourth-order valence-corrected chi connectivity index (χ4v) is 5.12. The highest BCUT2D eigenvalue weighted by molar-refractivity contribution is 5.37. The number of aliphatic hydroxyl groups excluding tert-OH is 1. The number of hydrogen-bond donors (Lipinski definition) is 1. The van der Waals surface area contributed by atoms with E-state index >= 15 is 0 Å². The van der Waals surface area contributed by atoms with Crippen molar-refractivity contribution < 1.29 is 9.84 Å². The van der Waals surface area contributed by atoms with E-state index in [2.05, 4.69) is 73.1 Å². The average Bonchev–Trinajstić information content (AvgIpc) is 2.87. The predicted octanol–water partition coefficient (Wildman–Crippen LogP) is 10.8. The molecule has 2 nitrogen and oxygen atoms in total. The molecule has 0 spiro atoms. The number of rotatable bonds is 21. The minimum Gasteiger partial charge on any atom is -0.493 e. The molecule has 1 N–H and O–H groups in total. The van der Waals surface area contributed by atoms with Crippen LogP contribution >= 0.6 is 0 Å². The molecule has 0 fully saturated rings. The van der Waals surface area contributed by atoms with Gasteiger partial charge in [0.05, 0.1) is 12.7 Å². The van der Waals surface area contributed by atoms with Gasteiger partial charge < -0.3 is 16.3 Å². The maximum Gasteiger partial charge on any atom is 0.121 e. The molecule has 0 saturated heterocycles. The van der Waals surface area contributed by atoms with Gasteiger partial charge in [-0.3, -0.25) is 0 Å². The molecule has 0 aromatic rings. The number of hydrogen-bond acceptors (Lipinski definition) is 2. The summed E-state index contributed by atoms with van der Waals surface area (Å²) < 4.78 is 6.35. The van der Waals surface area contributed by atoms with Crippen LogP contribution in [0, 0.1) is 18.3 Å². The van der Waals surface area contributed by atoms with E-state index in [1.807, 2.05) is 0 Å². The molecule has 1 rings (SSSR count). The molecule has 37 heavy (non-hydrogen) atoms. The molecule has 214 valence electrons. The molecule has 0 bridgehead atoms. The van der Waals surface area contributed by atoms with Gasteiger partial charge in [0, 0.05) is 5.92 Å². The molecule has 0 amide bonds. The number of ether oxygens (including phenoxy) is 1. The SMILES string of the molecule is C[CH-]CC/C=C(\C)CC/C=C(\C)CCCC(C)CCC1=CC(O)C(C)C(C)=C1OCCCCCCCC. The first-order valence-corrected chi connectivity index (χ1v) is 15.6. The molecule has 0 heterocycles. The van der Waals surface area contributed by atoms with Crippen LogP contribution in [0.3, 0.4) is 0 Å². The third-order valence-corrected chi connectivity index (χ3v) is 8.12. The van der Waals surface area contributed by atoms with Crippen molar-refractivity contribution in [3.8, 4) is 0 Å². The normalized spacial score (nSPS) is 19.8. The van der Waals surface area contributed by atoms with Crippen molar-refractivity contribution in [2.45, 2.75) is 151 Å². The minimum absolute atomic E-state index is 0.143. The summed E-state index contributed by atoms with van der Waals surface area (Å²) in [4.78, 5) is 0. The maximum atomic E-state index is 10.6. The highest BCUT2D eigenvalue weighted by Gasteiger charge is 2.26. The Balaban J connectivity index is 2.41. The van der Waals surface area contributed by atoms with Crippen LogP contribution in [0.4, 0.5) is 0 Å². The van der Waals surface area contributed by atoms with Crippen LogP contribution in [0.25, 0.3) is 0 Å². The Labute approximate surface area is 231 Å². The lowest BCUT2D eigenvalue weighted by atomic mass is 9.84. The number of unbranched alkanes of at least 4 members (excludes halogenated alkanes) is 7. The summed E-state index contributed by atoms with van der Waals surface area (Å²) in [5, 5.41) is 10.6. The molecule has 0 aromatic carbocycles. The van der Waals surface area contributed by atoms with Crippen molar-refractivity contribution >= 4 is 0 Å². The quantitative estimate of drug-likeness (QED) is 0.0939. The van der Waals surface area contributed by atoms with Crippen LogP contribution in [-0.4, -0.2) is 17.8 Å².